The van der Waals surface area contributed by atoms with Gasteiger partial charge in [-0.1, -0.05) is 11.6 Å². The average Bonchev–Trinajstić information content (AvgIpc) is 3.23. The van der Waals surface area contributed by atoms with Crippen LogP contribution in [0.5, 0.6) is 0 Å². The number of halogens is 1. The minimum Gasteiger partial charge on any atom is -0.461 e. The number of likely N-dealkylation sites (tertiary alicyclic amines) is 1. The van der Waals surface area contributed by atoms with E-state index >= 15 is 0 Å². The summed E-state index contributed by atoms with van der Waals surface area (Å²) in [6, 6.07) is 4.79. The van der Waals surface area contributed by atoms with Crippen LogP contribution in [-0.2, 0) is 23.9 Å². The van der Waals surface area contributed by atoms with Gasteiger partial charge in [-0.2, -0.15) is 0 Å². The molecule has 11 heteroatoms. The van der Waals surface area contributed by atoms with Gasteiger partial charge in [0, 0.05) is 54.5 Å². The Morgan fingerprint density at radius 1 is 1.26 bits per heavy atom. The Balaban J connectivity index is 1.34. The number of morpholine rings is 1. The third kappa shape index (κ3) is 5.34. The van der Waals surface area contributed by atoms with Gasteiger partial charge in [0.1, 0.15) is 11.6 Å². The van der Waals surface area contributed by atoms with Crippen molar-refractivity contribution in [2.75, 3.05) is 38.1 Å². The highest BCUT2D eigenvalue weighted by atomic mass is 35.5. The van der Waals surface area contributed by atoms with Gasteiger partial charge in [0.2, 0.25) is 11.8 Å². The van der Waals surface area contributed by atoms with Crippen molar-refractivity contribution in [1.29, 1.82) is 0 Å². The number of aromatic nitrogens is 2. The van der Waals surface area contributed by atoms with Crippen LogP contribution in [0.3, 0.4) is 0 Å². The monoisotopic (exact) mass is 541 g/mol. The Kier molecular flexibility index (Phi) is 7.06. The third-order valence-electron chi connectivity index (χ3n) is 7.54. The molecular formula is C27H32ClN5O5. The zero-order chi connectivity index (χ0) is 27.1. The van der Waals surface area contributed by atoms with Crippen molar-refractivity contribution in [3.8, 4) is 0 Å². The van der Waals surface area contributed by atoms with Crippen LogP contribution in [0.4, 0.5) is 5.69 Å². The first-order valence-corrected chi connectivity index (χ1v) is 13.1. The van der Waals surface area contributed by atoms with E-state index in [1.807, 2.05) is 37.8 Å². The summed E-state index contributed by atoms with van der Waals surface area (Å²) < 4.78 is 11.2. The lowest BCUT2D eigenvalue weighted by Crippen LogP contribution is -2.60. The lowest BCUT2D eigenvalue weighted by molar-refractivity contribution is -0.154. The van der Waals surface area contributed by atoms with Gasteiger partial charge in [-0.3, -0.25) is 24.3 Å². The van der Waals surface area contributed by atoms with E-state index < -0.39 is 17.2 Å². The van der Waals surface area contributed by atoms with Crippen molar-refractivity contribution >= 4 is 57.4 Å². The largest absolute Gasteiger partial charge is 0.461 e. The van der Waals surface area contributed by atoms with E-state index in [1.54, 1.807) is 23.4 Å². The van der Waals surface area contributed by atoms with Gasteiger partial charge in [-0.25, -0.2) is 0 Å². The molecule has 1 aromatic carbocycles. The van der Waals surface area contributed by atoms with Crippen molar-refractivity contribution in [2.24, 2.45) is 0 Å². The number of carbonyl (C=O) groups excluding carboxylic acids is 3. The predicted octanol–water partition coefficient (Wildman–Crippen LogP) is 3.34. The van der Waals surface area contributed by atoms with Gasteiger partial charge < -0.3 is 24.7 Å². The lowest BCUT2D eigenvalue weighted by Gasteiger charge is -2.44. The number of pyridine rings is 1. The van der Waals surface area contributed by atoms with E-state index in [0.29, 0.717) is 49.7 Å². The maximum atomic E-state index is 13.6. The zero-order valence-corrected chi connectivity index (χ0v) is 22.5. The number of anilines is 1. The first-order chi connectivity index (χ1) is 18.1. The number of piperidine rings is 1. The number of benzene rings is 1. The summed E-state index contributed by atoms with van der Waals surface area (Å²) in [6.45, 7) is 7.87. The summed E-state index contributed by atoms with van der Waals surface area (Å²) in [6.07, 6.45) is 4.58. The number of rotatable bonds is 6. The van der Waals surface area contributed by atoms with Gasteiger partial charge in [-0.05, 0) is 39.0 Å². The second-order valence-electron chi connectivity index (χ2n) is 10.9. The Hall–Kier alpha value is -3.21. The first-order valence-electron chi connectivity index (χ1n) is 12.7. The SMILES string of the molecule is CC1(C)CN(CC(=O)N2CCC(C)(OC=O)CC2)[C@H](C(=O)Nc2cc(Cl)cc3c2[nH]c2cnccc23)CO1. The van der Waals surface area contributed by atoms with Crippen LogP contribution in [0.2, 0.25) is 5.02 Å². The highest BCUT2D eigenvalue weighted by Crippen LogP contribution is 2.34. The number of carbonyl (C=O) groups is 3. The van der Waals surface area contributed by atoms with E-state index in [1.165, 1.54) is 0 Å². The van der Waals surface area contributed by atoms with E-state index in [9.17, 15) is 14.4 Å². The summed E-state index contributed by atoms with van der Waals surface area (Å²) >= 11 is 6.42. The maximum absolute atomic E-state index is 13.6. The molecule has 202 valence electrons. The number of H-pyrrole nitrogens is 1. The van der Waals surface area contributed by atoms with E-state index in [4.69, 9.17) is 21.1 Å². The van der Waals surface area contributed by atoms with E-state index in [2.05, 4.69) is 15.3 Å². The van der Waals surface area contributed by atoms with Crippen LogP contribution in [0, 0.1) is 0 Å². The minimum absolute atomic E-state index is 0.0677. The molecule has 2 fully saturated rings. The van der Waals surface area contributed by atoms with Crippen molar-refractivity contribution in [1.82, 2.24) is 19.8 Å². The molecule has 38 heavy (non-hydrogen) atoms. The summed E-state index contributed by atoms with van der Waals surface area (Å²) in [5, 5.41) is 5.36. The number of hydrogen-bond acceptors (Lipinski definition) is 7. The quantitative estimate of drug-likeness (QED) is 0.460. The molecule has 5 rings (SSSR count). The molecule has 2 aliphatic rings. The number of nitrogens with zero attached hydrogens (tertiary/aromatic N) is 3. The fourth-order valence-corrected chi connectivity index (χ4v) is 5.55. The molecule has 10 nitrogen and oxygen atoms in total. The topological polar surface area (TPSA) is 117 Å². The first kappa shape index (κ1) is 26.4. The standard InChI is InChI=1S/C27H32ClN5O5/c1-26(2)15-33(13-23(35)32-8-5-27(3,6-9-32)38-16-34)22(14-37-26)25(36)31-20-11-17(28)10-19-18-4-7-29-12-21(18)30-24(19)20/h4,7,10-12,16,22,30H,5-6,8-9,13-15H2,1-3H3,(H,31,36)/t22-/m0/s1. The van der Waals surface area contributed by atoms with Crippen molar-refractivity contribution in [3.05, 3.63) is 35.6 Å². The molecule has 2 amide bonds. The average molecular weight is 542 g/mol. The molecule has 0 aliphatic carbocycles. The van der Waals surface area contributed by atoms with Crippen molar-refractivity contribution < 1.29 is 23.9 Å². The van der Waals surface area contributed by atoms with Crippen LogP contribution >= 0.6 is 11.6 Å². The number of hydrogen-bond donors (Lipinski definition) is 2. The lowest BCUT2D eigenvalue weighted by atomic mass is 9.93. The number of ether oxygens (including phenoxy) is 2. The number of amides is 2. The molecule has 0 spiro atoms. The molecule has 3 aromatic rings. The Morgan fingerprint density at radius 2 is 2.03 bits per heavy atom. The van der Waals surface area contributed by atoms with Gasteiger partial charge in [0.05, 0.1) is 41.7 Å². The van der Waals surface area contributed by atoms with Crippen LogP contribution in [0.15, 0.2) is 30.6 Å². The van der Waals surface area contributed by atoms with Crippen LogP contribution in [-0.4, -0.2) is 88.1 Å². The molecule has 0 bridgehead atoms. The molecule has 2 saturated heterocycles. The molecule has 2 aliphatic heterocycles. The van der Waals surface area contributed by atoms with Crippen molar-refractivity contribution in [2.45, 2.75) is 50.9 Å². The zero-order valence-electron chi connectivity index (χ0n) is 21.8. The summed E-state index contributed by atoms with van der Waals surface area (Å²) in [4.78, 5) is 48.8. The van der Waals surface area contributed by atoms with Crippen molar-refractivity contribution in [3.63, 3.8) is 0 Å². The minimum atomic E-state index is -0.666. The fourth-order valence-electron chi connectivity index (χ4n) is 5.33. The van der Waals surface area contributed by atoms with Crippen LogP contribution < -0.4 is 5.32 Å². The highest BCUT2D eigenvalue weighted by Gasteiger charge is 2.40. The molecule has 1 atom stereocenters. The smallest absolute Gasteiger partial charge is 0.293 e. The number of aromatic amines is 1. The second kappa shape index (κ2) is 10.2. The summed E-state index contributed by atoms with van der Waals surface area (Å²) in [7, 11) is 0. The van der Waals surface area contributed by atoms with Gasteiger partial charge in [0.15, 0.2) is 0 Å². The Bertz CT molecular complexity index is 1380. The molecule has 0 radical (unpaired) electrons. The molecule has 0 saturated carbocycles. The second-order valence-corrected chi connectivity index (χ2v) is 11.4. The van der Waals surface area contributed by atoms with Crippen LogP contribution in [0.25, 0.3) is 21.8 Å². The molecule has 2 aromatic heterocycles. The molecular weight excluding hydrogens is 510 g/mol. The van der Waals surface area contributed by atoms with Gasteiger partial charge in [-0.15, -0.1) is 0 Å². The van der Waals surface area contributed by atoms with E-state index in [0.717, 1.165) is 21.8 Å². The van der Waals surface area contributed by atoms with Crippen LogP contribution in [0.1, 0.15) is 33.6 Å². The molecule has 4 heterocycles. The van der Waals surface area contributed by atoms with E-state index in [-0.39, 0.29) is 25.0 Å². The van der Waals surface area contributed by atoms with Gasteiger partial charge >= 0.3 is 0 Å². The summed E-state index contributed by atoms with van der Waals surface area (Å²) in [5.41, 5.74) is 1.08. The summed E-state index contributed by atoms with van der Waals surface area (Å²) in [5.74, 6) is -0.346. The highest BCUT2D eigenvalue weighted by molar-refractivity contribution is 6.33. The Labute approximate surface area is 225 Å². The number of nitrogens with one attached hydrogen (secondary N) is 2. The fraction of sp³-hybridized carbons (Fsp3) is 0.481. The molecule has 0 unspecified atom stereocenters. The predicted molar refractivity (Wildman–Crippen MR) is 144 cm³/mol. The maximum Gasteiger partial charge on any atom is 0.293 e. The molecule has 2 N–H and O–H groups in total. The number of fused-ring (bicyclic) bond motifs is 3. The normalized spacial score (nSPS) is 21.4. The Morgan fingerprint density at radius 3 is 2.76 bits per heavy atom. The third-order valence-corrected chi connectivity index (χ3v) is 7.75. The van der Waals surface area contributed by atoms with Gasteiger partial charge in [0.25, 0.3) is 6.47 Å².